The Morgan fingerprint density at radius 2 is 1.71 bits per heavy atom. The fraction of sp³-hybridized carbons (Fsp3) is 0.414. The van der Waals surface area contributed by atoms with Crippen molar-refractivity contribution < 1.29 is 8.78 Å². The van der Waals surface area contributed by atoms with E-state index >= 15 is 8.78 Å². The van der Waals surface area contributed by atoms with Crippen LogP contribution >= 0.6 is 0 Å². The summed E-state index contributed by atoms with van der Waals surface area (Å²) in [6.07, 6.45) is 6.79. The Morgan fingerprint density at radius 1 is 1.03 bits per heavy atom. The highest BCUT2D eigenvalue weighted by molar-refractivity contribution is 6.08. The van der Waals surface area contributed by atoms with Crippen LogP contribution in [0.5, 0.6) is 0 Å². The maximum Gasteiger partial charge on any atom is 0.131 e. The molecule has 38 heavy (non-hydrogen) atoms. The maximum atomic E-state index is 15.2. The minimum absolute atomic E-state index is 0.0966. The second-order valence-corrected chi connectivity index (χ2v) is 10.4. The SMILES string of the molecule is CN1CCC(N/C=C(\C=N)c2cnc3cccc(-c4cc(F)c(CN5CCN(C)CC5)c(F)c4)c3n2)CC1. The van der Waals surface area contributed by atoms with Crippen molar-refractivity contribution in [3.63, 3.8) is 0 Å². The Labute approximate surface area is 222 Å². The van der Waals surface area contributed by atoms with Gasteiger partial charge in [0.05, 0.1) is 22.9 Å². The lowest BCUT2D eigenvalue weighted by Gasteiger charge is -2.32. The molecule has 2 aromatic carbocycles. The van der Waals surface area contributed by atoms with Crippen LogP contribution in [0.15, 0.2) is 42.7 Å². The van der Waals surface area contributed by atoms with Gasteiger partial charge in [-0.1, -0.05) is 12.1 Å². The first kappa shape index (κ1) is 26.3. The van der Waals surface area contributed by atoms with Crippen molar-refractivity contribution in [1.29, 1.82) is 5.41 Å². The molecule has 2 fully saturated rings. The van der Waals surface area contributed by atoms with Gasteiger partial charge in [0.15, 0.2) is 0 Å². The molecule has 3 aromatic rings. The summed E-state index contributed by atoms with van der Waals surface area (Å²) in [5.74, 6) is -1.11. The largest absolute Gasteiger partial charge is 0.387 e. The van der Waals surface area contributed by atoms with Gasteiger partial charge in [0, 0.05) is 67.9 Å². The van der Waals surface area contributed by atoms with Crippen LogP contribution in [0.1, 0.15) is 24.1 Å². The van der Waals surface area contributed by atoms with Gasteiger partial charge in [-0.15, -0.1) is 0 Å². The number of piperidine rings is 1. The number of nitrogens with one attached hydrogen (secondary N) is 2. The number of nitrogens with zero attached hydrogens (tertiary/aromatic N) is 5. The van der Waals surface area contributed by atoms with Crippen molar-refractivity contribution in [3.05, 3.63) is 65.6 Å². The number of rotatable bonds is 7. The summed E-state index contributed by atoms with van der Waals surface area (Å²) in [6, 6.07) is 8.59. The van der Waals surface area contributed by atoms with Crippen molar-refractivity contribution in [2.75, 3.05) is 53.4 Å². The van der Waals surface area contributed by atoms with Crippen LogP contribution in [0, 0.1) is 17.0 Å². The predicted molar refractivity (Wildman–Crippen MR) is 148 cm³/mol. The summed E-state index contributed by atoms with van der Waals surface area (Å²) >= 11 is 0. The van der Waals surface area contributed by atoms with Gasteiger partial charge in [-0.05, 0) is 63.8 Å². The van der Waals surface area contributed by atoms with Crippen molar-refractivity contribution in [2.45, 2.75) is 25.4 Å². The quantitative estimate of drug-likeness (QED) is 0.460. The van der Waals surface area contributed by atoms with Gasteiger partial charge in [-0.25, -0.2) is 13.8 Å². The van der Waals surface area contributed by atoms with E-state index < -0.39 is 11.6 Å². The monoisotopic (exact) mass is 519 g/mol. The molecule has 2 aliphatic heterocycles. The van der Waals surface area contributed by atoms with Gasteiger partial charge in [0.25, 0.3) is 0 Å². The van der Waals surface area contributed by atoms with Gasteiger partial charge >= 0.3 is 0 Å². The number of allylic oxidation sites excluding steroid dienone is 1. The second kappa shape index (κ2) is 11.6. The van der Waals surface area contributed by atoms with E-state index in [1.165, 1.54) is 18.3 Å². The molecule has 2 saturated heterocycles. The average Bonchev–Trinajstić information content (AvgIpc) is 2.92. The van der Waals surface area contributed by atoms with Crippen LogP contribution in [0.3, 0.4) is 0 Å². The van der Waals surface area contributed by atoms with Gasteiger partial charge in [0.1, 0.15) is 11.6 Å². The van der Waals surface area contributed by atoms with Crippen LogP contribution < -0.4 is 5.32 Å². The number of hydrogen-bond donors (Lipinski definition) is 2. The highest BCUT2D eigenvalue weighted by Gasteiger charge is 2.20. The zero-order valence-corrected chi connectivity index (χ0v) is 22.1. The van der Waals surface area contributed by atoms with Crippen molar-refractivity contribution in [3.8, 4) is 11.1 Å². The van der Waals surface area contributed by atoms with E-state index in [1.807, 2.05) is 18.3 Å². The third-order valence-corrected chi connectivity index (χ3v) is 7.65. The summed E-state index contributed by atoms with van der Waals surface area (Å²) in [5, 5.41) is 11.4. The molecule has 0 amide bonds. The number of halogens is 2. The van der Waals surface area contributed by atoms with Gasteiger partial charge in [0.2, 0.25) is 0 Å². The molecular formula is C29H35F2N7. The van der Waals surface area contributed by atoms with E-state index in [0.717, 1.165) is 52.1 Å². The normalized spacial score (nSPS) is 18.7. The van der Waals surface area contributed by atoms with E-state index in [9.17, 15) is 0 Å². The molecule has 0 saturated carbocycles. The number of para-hydroxylation sites is 1. The molecule has 7 nitrogen and oxygen atoms in total. The Bertz CT molecular complexity index is 1300. The molecule has 3 heterocycles. The number of likely N-dealkylation sites (tertiary alicyclic amines) is 1. The van der Waals surface area contributed by atoms with Gasteiger partial charge in [-0.2, -0.15) is 0 Å². The van der Waals surface area contributed by atoms with Crippen molar-refractivity contribution >= 4 is 22.8 Å². The summed E-state index contributed by atoms with van der Waals surface area (Å²) in [5.41, 5.74) is 3.43. The van der Waals surface area contributed by atoms with Crippen LogP contribution in [-0.2, 0) is 6.54 Å². The molecular weight excluding hydrogens is 484 g/mol. The Hall–Kier alpha value is -3.27. The second-order valence-electron chi connectivity index (χ2n) is 10.4. The first-order chi connectivity index (χ1) is 18.4. The number of benzene rings is 2. The molecule has 0 aliphatic carbocycles. The summed E-state index contributed by atoms with van der Waals surface area (Å²) in [4.78, 5) is 15.9. The van der Waals surface area contributed by atoms with Crippen LogP contribution in [0.2, 0.25) is 0 Å². The van der Waals surface area contributed by atoms with Gasteiger partial charge < -0.3 is 20.5 Å². The zero-order chi connectivity index (χ0) is 26.6. The zero-order valence-electron chi connectivity index (χ0n) is 22.1. The maximum absolute atomic E-state index is 15.2. The molecule has 2 aliphatic rings. The number of fused-ring (bicyclic) bond motifs is 1. The molecule has 0 spiro atoms. The van der Waals surface area contributed by atoms with Crippen molar-refractivity contribution in [1.82, 2.24) is 30.0 Å². The van der Waals surface area contributed by atoms with Crippen LogP contribution in [0.4, 0.5) is 8.78 Å². The molecule has 2 N–H and O–H groups in total. The first-order valence-corrected chi connectivity index (χ1v) is 13.2. The third-order valence-electron chi connectivity index (χ3n) is 7.65. The minimum atomic E-state index is -0.553. The molecule has 1 aromatic heterocycles. The lowest BCUT2D eigenvalue weighted by molar-refractivity contribution is 0.145. The summed E-state index contributed by atoms with van der Waals surface area (Å²) in [6.45, 7) is 5.67. The van der Waals surface area contributed by atoms with E-state index in [-0.39, 0.29) is 12.1 Å². The van der Waals surface area contributed by atoms with Gasteiger partial charge in [-0.3, -0.25) is 9.88 Å². The highest BCUT2D eigenvalue weighted by Crippen LogP contribution is 2.30. The molecule has 0 unspecified atom stereocenters. The number of hydrogen-bond acceptors (Lipinski definition) is 7. The Balaban J connectivity index is 1.42. The van der Waals surface area contributed by atoms with Crippen LogP contribution in [-0.4, -0.2) is 90.3 Å². The van der Waals surface area contributed by atoms with Crippen LogP contribution in [0.25, 0.3) is 27.7 Å². The lowest BCUT2D eigenvalue weighted by Crippen LogP contribution is -2.44. The Morgan fingerprint density at radius 3 is 2.39 bits per heavy atom. The van der Waals surface area contributed by atoms with Crippen molar-refractivity contribution in [2.24, 2.45) is 0 Å². The fourth-order valence-electron chi connectivity index (χ4n) is 5.12. The smallest absolute Gasteiger partial charge is 0.131 e. The predicted octanol–water partition coefficient (Wildman–Crippen LogP) is 4.00. The first-order valence-electron chi connectivity index (χ1n) is 13.2. The van der Waals surface area contributed by atoms with E-state index in [4.69, 9.17) is 10.4 Å². The average molecular weight is 520 g/mol. The van der Waals surface area contributed by atoms with E-state index in [2.05, 4.69) is 39.1 Å². The lowest BCUT2D eigenvalue weighted by atomic mass is 10.0. The highest BCUT2D eigenvalue weighted by atomic mass is 19.1. The standard InChI is InChI=1S/C29H35F2N7/c1-36-8-6-22(7-9-36)33-17-21(16-32)28-18-34-27-5-3-4-23(29(27)35-28)20-14-25(30)24(26(31)15-20)19-38-12-10-37(2)11-13-38/h3-5,14-18,22,32-33H,6-13,19H2,1-2H3/b21-17+,32-16?. The number of piperazine rings is 1. The molecule has 5 rings (SSSR count). The minimum Gasteiger partial charge on any atom is -0.387 e. The number of likely N-dealkylation sites (N-methyl/N-ethyl adjacent to an activating group) is 1. The molecule has 0 bridgehead atoms. The Kier molecular flexibility index (Phi) is 8.06. The third kappa shape index (κ3) is 5.90. The van der Waals surface area contributed by atoms with E-state index in [1.54, 1.807) is 12.3 Å². The fourth-order valence-corrected chi connectivity index (χ4v) is 5.12. The molecule has 0 radical (unpaired) electrons. The summed E-state index contributed by atoms with van der Waals surface area (Å²) in [7, 11) is 4.18. The molecule has 9 heteroatoms. The molecule has 200 valence electrons. The molecule has 0 atom stereocenters. The summed E-state index contributed by atoms with van der Waals surface area (Å²) < 4.78 is 30.5. The van der Waals surface area contributed by atoms with E-state index in [0.29, 0.717) is 39.5 Å². The number of aromatic nitrogens is 2. The topological polar surface area (TPSA) is 71.4 Å².